The van der Waals surface area contributed by atoms with Gasteiger partial charge in [-0.25, -0.2) is 12.8 Å². The summed E-state index contributed by atoms with van der Waals surface area (Å²) in [6, 6.07) is 10.9. The molecule has 0 aliphatic carbocycles. The quantitative estimate of drug-likeness (QED) is 0.843. The van der Waals surface area contributed by atoms with Crippen molar-refractivity contribution >= 4 is 27.1 Å². The van der Waals surface area contributed by atoms with E-state index >= 15 is 0 Å². The lowest BCUT2D eigenvalue weighted by atomic mass is 10.3. The Hall–Kier alpha value is -2.41. The number of halogens is 1. The first-order valence-corrected chi connectivity index (χ1v) is 7.66. The van der Waals surface area contributed by atoms with Crippen LogP contribution in [0.15, 0.2) is 53.4 Å². The first-order chi connectivity index (χ1) is 9.87. The monoisotopic (exact) mass is 308 g/mol. The molecule has 0 aliphatic heterocycles. The molecule has 110 valence electrons. The van der Waals surface area contributed by atoms with Gasteiger partial charge < -0.3 is 11.1 Å². The van der Waals surface area contributed by atoms with E-state index in [0.29, 0.717) is 11.4 Å². The summed E-state index contributed by atoms with van der Waals surface area (Å²) in [5.41, 5.74) is 6.40. The third-order valence-corrected chi connectivity index (χ3v) is 4.26. The second kappa shape index (κ2) is 5.92. The number of nitrogens with one attached hydrogen (secondary N) is 1. The van der Waals surface area contributed by atoms with Crippen LogP contribution < -0.4 is 11.1 Å². The molecule has 3 N–H and O–H groups in total. The highest BCUT2D eigenvalue weighted by Crippen LogP contribution is 2.15. The standard InChI is InChI=1S/C14H13FN2O3S/c15-10-3-1-6-13(7-10)21(19,20)9-14(18)17-12-5-2-4-11(16)8-12/h1-8H,9,16H2,(H,17,18). The Labute approximate surface area is 121 Å². The molecule has 0 fully saturated rings. The maximum Gasteiger partial charge on any atom is 0.239 e. The van der Waals surface area contributed by atoms with Crippen LogP contribution in [0.25, 0.3) is 0 Å². The lowest BCUT2D eigenvalue weighted by molar-refractivity contribution is -0.113. The van der Waals surface area contributed by atoms with Crippen molar-refractivity contribution in [2.24, 2.45) is 0 Å². The molecule has 2 aromatic rings. The van der Waals surface area contributed by atoms with Crippen LogP contribution in [0.4, 0.5) is 15.8 Å². The van der Waals surface area contributed by atoms with Crippen LogP contribution in [0.5, 0.6) is 0 Å². The Balaban J connectivity index is 2.12. The fourth-order valence-corrected chi connectivity index (χ4v) is 2.89. The number of amides is 1. The van der Waals surface area contributed by atoms with Gasteiger partial charge in [-0.1, -0.05) is 12.1 Å². The van der Waals surface area contributed by atoms with Crippen molar-refractivity contribution < 1.29 is 17.6 Å². The summed E-state index contributed by atoms with van der Waals surface area (Å²) in [4.78, 5) is 11.5. The van der Waals surface area contributed by atoms with Gasteiger partial charge in [0.15, 0.2) is 9.84 Å². The summed E-state index contributed by atoms with van der Waals surface area (Å²) in [5.74, 6) is -2.16. The fraction of sp³-hybridized carbons (Fsp3) is 0.0714. The maximum atomic E-state index is 13.0. The molecule has 2 rings (SSSR count). The lowest BCUT2D eigenvalue weighted by Crippen LogP contribution is -2.23. The SMILES string of the molecule is Nc1cccc(NC(=O)CS(=O)(=O)c2cccc(F)c2)c1. The van der Waals surface area contributed by atoms with E-state index in [0.717, 1.165) is 12.1 Å². The molecule has 0 saturated carbocycles. The molecule has 1 amide bonds. The summed E-state index contributed by atoms with van der Waals surface area (Å²) in [6.07, 6.45) is 0. The summed E-state index contributed by atoms with van der Waals surface area (Å²) in [5, 5.41) is 2.43. The van der Waals surface area contributed by atoms with Gasteiger partial charge >= 0.3 is 0 Å². The highest BCUT2D eigenvalue weighted by Gasteiger charge is 2.19. The van der Waals surface area contributed by atoms with E-state index in [1.165, 1.54) is 18.2 Å². The van der Waals surface area contributed by atoms with Gasteiger partial charge in [0.2, 0.25) is 5.91 Å². The van der Waals surface area contributed by atoms with Gasteiger partial charge in [0.05, 0.1) is 4.90 Å². The van der Waals surface area contributed by atoms with Crippen LogP contribution in [0.1, 0.15) is 0 Å². The fourth-order valence-electron chi connectivity index (χ4n) is 1.73. The van der Waals surface area contributed by atoms with Gasteiger partial charge in [-0.05, 0) is 36.4 Å². The number of benzene rings is 2. The van der Waals surface area contributed by atoms with Gasteiger partial charge in [-0.3, -0.25) is 4.79 Å². The first-order valence-electron chi connectivity index (χ1n) is 6.00. The normalized spacial score (nSPS) is 11.1. The average Bonchev–Trinajstić information content (AvgIpc) is 2.37. The largest absolute Gasteiger partial charge is 0.399 e. The highest BCUT2D eigenvalue weighted by atomic mass is 32.2. The summed E-state index contributed by atoms with van der Waals surface area (Å²) >= 11 is 0. The molecule has 0 saturated heterocycles. The van der Waals surface area contributed by atoms with Crippen molar-refractivity contribution in [1.29, 1.82) is 0 Å². The van der Waals surface area contributed by atoms with Crippen molar-refractivity contribution in [1.82, 2.24) is 0 Å². The summed E-state index contributed by atoms with van der Waals surface area (Å²) in [6.45, 7) is 0. The summed E-state index contributed by atoms with van der Waals surface area (Å²) in [7, 11) is -3.90. The number of carbonyl (C=O) groups excluding carboxylic acids is 1. The number of hydrogen-bond acceptors (Lipinski definition) is 4. The second-order valence-electron chi connectivity index (χ2n) is 4.39. The first kappa shape index (κ1) is 15.0. The Morgan fingerprint density at radius 2 is 1.86 bits per heavy atom. The molecule has 5 nitrogen and oxygen atoms in total. The van der Waals surface area contributed by atoms with Crippen molar-refractivity contribution in [3.05, 3.63) is 54.3 Å². The van der Waals surface area contributed by atoms with Crippen LogP contribution in [-0.2, 0) is 14.6 Å². The molecule has 0 aromatic heterocycles. The molecule has 0 heterocycles. The maximum absolute atomic E-state index is 13.0. The number of carbonyl (C=O) groups is 1. The predicted molar refractivity (Wildman–Crippen MR) is 77.9 cm³/mol. The molecule has 7 heteroatoms. The van der Waals surface area contributed by atoms with Gasteiger partial charge in [-0.15, -0.1) is 0 Å². The Morgan fingerprint density at radius 1 is 1.14 bits per heavy atom. The molecule has 0 bridgehead atoms. The lowest BCUT2D eigenvalue weighted by Gasteiger charge is -2.07. The number of nitrogens with two attached hydrogens (primary N) is 1. The smallest absolute Gasteiger partial charge is 0.239 e. The Morgan fingerprint density at radius 3 is 2.52 bits per heavy atom. The molecule has 21 heavy (non-hydrogen) atoms. The van der Waals surface area contributed by atoms with Crippen LogP contribution in [0.2, 0.25) is 0 Å². The van der Waals surface area contributed by atoms with E-state index in [4.69, 9.17) is 5.73 Å². The number of nitrogen functional groups attached to an aromatic ring is 1. The zero-order valence-electron chi connectivity index (χ0n) is 10.9. The molecule has 0 atom stereocenters. The Kier molecular flexibility index (Phi) is 4.23. The summed E-state index contributed by atoms with van der Waals surface area (Å²) < 4.78 is 37.0. The second-order valence-corrected chi connectivity index (χ2v) is 6.38. The topological polar surface area (TPSA) is 89.3 Å². The highest BCUT2D eigenvalue weighted by molar-refractivity contribution is 7.92. The number of sulfone groups is 1. The van der Waals surface area contributed by atoms with Gasteiger partial charge in [0, 0.05) is 11.4 Å². The number of anilines is 2. The van der Waals surface area contributed by atoms with Crippen LogP contribution >= 0.6 is 0 Å². The van der Waals surface area contributed by atoms with Gasteiger partial charge in [0.1, 0.15) is 11.6 Å². The molecule has 0 unspecified atom stereocenters. The zero-order valence-corrected chi connectivity index (χ0v) is 11.7. The molecule has 0 aliphatic rings. The molecule has 2 aromatic carbocycles. The van der Waals surface area contributed by atoms with Crippen LogP contribution in [-0.4, -0.2) is 20.1 Å². The van der Waals surface area contributed by atoms with E-state index in [9.17, 15) is 17.6 Å². The minimum atomic E-state index is -3.90. The third-order valence-electron chi connectivity index (χ3n) is 2.65. The average molecular weight is 308 g/mol. The minimum Gasteiger partial charge on any atom is -0.399 e. The third kappa shape index (κ3) is 4.03. The van der Waals surface area contributed by atoms with E-state index in [1.54, 1.807) is 18.2 Å². The van der Waals surface area contributed by atoms with Crippen molar-refractivity contribution in [2.75, 3.05) is 16.8 Å². The molecular formula is C14H13FN2O3S. The van der Waals surface area contributed by atoms with Gasteiger partial charge in [-0.2, -0.15) is 0 Å². The Bertz CT molecular complexity index is 775. The van der Waals surface area contributed by atoms with Crippen LogP contribution in [0.3, 0.4) is 0 Å². The molecular weight excluding hydrogens is 295 g/mol. The van der Waals surface area contributed by atoms with E-state index in [1.807, 2.05) is 0 Å². The van der Waals surface area contributed by atoms with E-state index in [-0.39, 0.29) is 4.90 Å². The predicted octanol–water partition coefficient (Wildman–Crippen LogP) is 1.82. The minimum absolute atomic E-state index is 0.231. The van der Waals surface area contributed by atoms with Gasteiger partial charge in [0.25, 0.3) is 0 Å². The number of hydrogen-bond donors (Lipinski definition) is 2. The molecule has 0 radical (unpaired) electrons. The van der Waals surface area contributed by atoms with Crippen molar-refractivity contribution in [2.45, 2.75) is 4.90 Å². The van der Waals surface area contributed by atoms with E-state index < -0.39 is 27.3 Å². The number of rotatable bonds is 4. The van der Waals surface area contributed by atoms with Crippen LogP contribution in [0, 0.1) is 5.82 Å². The van der Waals surface area contributed by atoms with Crippen molar-refractivity contribution in [3.8, 4) is 0 Å². The zero-order chi connectivity index (χ0) is 15.5. The van der Waals surface area contributed by atoms with E-state index in [2.05, 4.69) is 5.32 Å². The molecule has 0 spiro atoms. The van der Waals surface area contributed by atoms with Crippen molar-refractivity contribution in [3.63, 3.8) is 0 Å².